The number of hydrogen-bond acceptors (Lipinski definition) is 3. The average Bonchev–Trinajstić information content (AvgIpc) is 2.23. The Hall–Kier alpha value is -1.54. The van der Waals surface area contributed by atoms with Gasteiger partial charge in [-0.05, 0) is 18.6 Å². The van der Waals surface area contributed by atoms with Crippen LogP contribution in [0.4, 0.5) is 8.78 Å². The van der Waals surface area contributed by atoms with Crippen LogP contribution in [0.2, 0.25) is 0 Å². The Morgan fingerprint density at radius 2 is 1.78 bits per heavy atom. The highest BCUT2D eigenvalue weighted by atomic mass is 32.2. The highest BCUT2D eigenvalue weighted by Crippen LogP contribution is 2.13. The van der Waals surface area contributed by atoms with Gasteiger partial charge in [0.2, 0.25) is 15.9 Å². The number of nitrogens with two attached hydrogens (primary N) is 1. The summed E-state index contributed by atoms with van der Waals surface area (Å²) < 4.78 is 51.1. The van der Waals surface area contributed by atoms with Crippen LogP contribution in [0, 0.1) is 11.6 Å². The lowest BCUT2D eigenvalue weighted by atomic mass is 10.3. The maximum absolute atomic E-state index is 12.9. The van der Waals surface area contributed by atoms with E-state index in [-0.39, 0.29) is 19.4 Å². The average molecular weight is 278 g/mol. The van der Waals surface area contributed by atoms with Gasteiger partial charge < -0.3 is 5.73 Å². The van der Waals surface area contributed by atoms with Crippen LogP contribution in [-0.2, 0) is 14.8 Å². The topological polar surface area (TPSA) is 89.3 Å². The maximum Gasteiger partial charge on any atom is 0.240 e. The monoisotopic (exact) mass is 278 g/mol. The Balaban J connectivity index is 2.71. The molecule has 3 N–H and O–H groups in total. The van der Waals surface area contributed by atoms with Crippen molar-refractivity contribution < 1.29 is 22.0 Å². The minimum atomic E-state index is -3.99. The Kier molecular flexibility index (Phi) is 4.74. The number of hydrogen-bond donors (Lipinski definition) is 2. The number of benzene rings is 1. The molecule has 0 saturated heterocycles. The van der Waals surface area contributed by atoms with E-state index in [1.54, 1.807) is 0 Å². The van der Waals surface area contributed by atoms with Crippen LogP contribution in [0.15, 0.2) is 23.1 Å². The van der Waals surface area contributed by atoms with E-state index in [4.69, 9.17) is 5.73 Å². The van der Waals surface area contributed by atoms with E-state index < -0.39 is 32.5 Å². The lowest BCUT2D eigenvalue weighted by Gasteiger charge is -2.06. The van der Waals surface area contributed by atoms with E-state index in [0.29, 0.717) is 18.2 Å². The predicted molar refractivity (Wildman–Crippen MR) is 60.0 cm³/mol. The summed E-state index contributed by atoms with van der Waals surface area (Å²) in [6.07, 6.45) is 0.242. The van der Waals surface area contributed by atoms with Crippen molar-refractivity contribution >= 4 is 15.9 Å². The molecule has 1 aromatic rings. The molecule has 5 nitrogen and oxygen atoms in total. The first-order valence-electron chi connectivity index (χ1n) is 5.05. The zero-order chi connectivity index (χ0) is 13.8. The van der Waals surface area contributed by atoms with Crippen molar-refractivity contribution in [1.29, 1.82) is 0 Å². The van der Waals surface area contributed by atoms with Crippen LogP contribution in [-0.4, -0.2) is 20.9 Å². The Morgan fingerprint density at radius 3 is 2.28 bits per heavy atom. The highest BCUT2D eigenvalue weighted by molar-refractivity contribution is 7.89. The molecular weight excluding hydrogens is 266 g/mol. The molecule has 1 rings (SSSR count). The zero-order valence-electron chi connectivity index (χ0n) is 9.32. The predicted octanol–water partition coefficient (Wildman–Crippen LogP) is 0.509. The number of rotatable bonds is 6. The summed E-state index contributed by atoms with van der Waals surface area (Å²) in [4.78, 5) is 9.93. The molecule has 0 fully saturated rings. The first-order valence-corrected chi connectivity index (χ1v) is 6.53. The number of carbonyl (C=O) groups is 1. The first kappa shape index (κ1) is 14.5. The summed E-state index contributed by atoms with van der Waals surface area (Å²) in [6, 6.07) is 1.99. The molecular formula is C10H12F2N2O3S. The van der Waals surface area contributed by atoms with Gasteiger partial charge in [0.15, 0.2) is 0 Å². The van der Waals surface area contributed by atoms with Crippen molar-refractivity contribution in [2.45, 2.75) is 17.7 Å². The lowest BCUT2D eigenvalue weighted by molar-refractivity contribution is -0.118. The van der Waals surface area contributed by atoms with E-state index in [9.17, 15) is 22.0 Å². The molecule has 0 aromatic heterocycles. The van der Waals surface area contributed by atoms with Crippen LogP contribution in [0.3, 0.4) is 0 Å². The van der Waals surface area contributed by atoms with Crippen molar-refractivity contribution in [2.75, 3.05) is 6.54 Å². The summed E-state index contributed by atoms with van der Waals surface area (Å²) in [6.45, 7) is -0.0383. The van der Waals surface area contributed by atoms with Gasteiger partial charge in [-0.15, -0.1) is 0 Å². The summed E-state index contributed by atoms with van der Waals surface area (Å²) in [5.74, 6) is -2.51. The molecule has 18 heavy (non-hydrogen) atoms. The standard InChI is InChI=1S/C10H12F2N2O3S/c11-7-4-8(12)6-9(5-7)18(16,17)14-3-1-2-10(13)15/h4-6,14H,1-3H2,(H2,13,15). The second-order valence-electron chi connectivity index (χ2n) is 3.57. The molecule has 0 aliphatic carbocycles. The zero-order valence-corrected chi connectivity index (χ0v) is 10.1. The molecule has 0 radical (unpaired) electrons. The van der Waals surface area contributed by atoms with Crippen molar-refractivity contribution in [3.05, 3.63) is 29.8 Å². The van der Waals surface area contributed by atoms with Gasteiger partial charge in [0, 0.05) is 19.0 Å². The van der Waals surface area contributed by atoms with Gasteiger partial charge in [-0.25, -0.2) is 21.9 Å². The van der Waals surface area contributed by atoms with Crippen LogP contribution < -0.4 is 10.5 Å². The molecule has 0 unspecified atom stereocenters. The summed E-state index contributed by atoms with van der Waals surface area (Å²) >= 11 is 0. The second-order valence-corrected chi connectivity index (χ2v) is 5.34. The van der Waals surface area contributed by atoms with Crippen molar-refractivity contribution in [1.82, 2.24) is 4.72 Å². The Labute approximate surface area is 103 Å². The number of amides is 1. The van der Waals surface area contributed by atoms with Crippen molar-refractivity contribution in [2.24, 2.45) is 5.73 Å². The molecule has 0 atom stereocenters. The summed E-state index contributed by atoms with van der Waals surface area (Å²) in [5.41, 5.74) is 4.88. The number of carbonyl (C=O) groups excluding carboxylic acids is 1. The first-order chi connectivity index (χ1) is 8.31. The number of halogens is 2. The molecule has 0 bridgehead atoms. The molecule has 1 aromatic carbocycles. The van der Waals surface area contributed by atoms with Gasteiger partial charge >= 0.3 is 0 Å². The van der Waals surface area contributed by atoms with Crippen molar-refractivity contribution in [3.8, 4) is 0 Å². The third-order valence-electron chi connectivity index (χ3n) is 2.04. The van der Waals surface area contributed by atoms with Gasteiger partial charge in [0.05, 0.1) is 4.90 Å². The maximum atomic E-state index is 12.9. The SMILES string of the molecule is NC(=O)CCCNS(=O)(=O)c1cc(F)cc(F)c1. The molecule has 8 heteroatoms. The lowest BCUT2D eigenvalue weighted by Crippen LogP contribution is -2.26. The minimum absolute atomic E-state index is 0.0278. The normalized spacial score (nSPS) is 11.4. The summed E-state index contributed by atoms with van der Waals surface area (Å²) in [7, 11) is -3.99. The molecule has 0 aliphatic rings. The molecule has 0 aliphatic heterocycles. The fourth-order valence-electron chi connectivity index (χ4n) is 1.24. The van der Waals surface area contributed by atoms with Gasteiger partial charge in [-0.1, -0.05) is 0 Å². The largest absolute Gasteiger partial charge is 0.370 e. The quantitative estimate of drug-likeness (QED) is 0.743. The van der Waals surface area contributed by atoms with Crippen LogP contribution in [0.1, 0.15) is 12.8 Å². The van der Waals surface area contributed by atoms with E-state index in [2.05, 4.69) is 4.72 Å². The number of primary amides is 1. The minimum Gasteiger partial charge on any atom is -0.370 e. The molecule has 0 saturated carbocycles. The van der Waals surface area contributed by atoms with E-state index in [1.165, 1.54) is 0 Å². The van der Waals surface area contributed by atoms with Crippen LogP contribution in [0.5, 0.6) is 0 Å². The van der Waals surface area contributed by atoms with Crippen LogP contribution in [0.25, 0.3) is 0 Å². The van der Waals surface area contributed by atoms with Gasteiger partial charge in [-0.2, -0.15) is 0 Å². The van der Waals surface area contributed by atoms with E-state index in [1.807, 2.05) is 0 Å². The molecule has 0 heterocycles. The fraction of sp³-hybridized carbons (Fsp3) is 0.300. The third-order valence-corrected chi connectivity index (χ3v) is 3.48. The fourth-order valence-corrected chi connectivity index (χ4v) is 2.35. The van der Waals surface area contributed by atoms with E-state index in [0.717, 1.165) is 0 Å². The summed E-state index contributed by atoms with van der Waals surface area (Å²) in [5, 5.41) is 0. The molecule has 1 amide bonds. The van der Waals surface area contributed by atoms with Gasteiger partial charge in [-0.3, -0.25) is 4.79 Å². The van der Waals surface area contributed by atoms with Gasteiger partial charge in [0.25, 0.3) is 0 Å². The van der Waals surface area contributed by atoms with Crippen molar-refractivity contribution in [3.63, 3.8) is 0 Å². The number of nitrogens with one attached hydrogen (secondary N) is 1. The van der Waals surface area contributed by atoms with Gasteiger partial charge in [0.1, 0.15) is 11.6 Å². The second kappa shape index (κ2) is 5.87. The highest BCUT2D eigenvalue weighted by Gasteiger charge is 2.15. The van der Waals surface area contributed by atoms with E-state index >= 15 is 0 Å². The Bertz CT molecular complexity index is 526. The smallest absolute Gasteiger partial charge is 0.240 e. The molecule has 0 spiro atoms. The van der Waals surface area contributed by atoms with Crippen LogP contribution >= 0.6 is 0 Å². The Morgan fingerprint density at radius 1 is 1.22 bits per heavy atom. The number of sulfonamides is 1. The molecule has 100 valence electrons. The third kappa shape index (κ3) is 4.38.